The van der Waals surface area contributed by atoms with Crippen LogP contribution in [0.15, 0.2) is 11.6 Å². The molecule has 0 saturated carbocycles. The SMILES string of the molecule is CCOC(=O)[C@@H]1C(C)=CC(=O)C[C@H]1C(C)C. The Balaban J connectivity index is 2.95. The number of esters is 1. The second-order valence-corrected chi connectivity index (χ2v) is 4.70. The molecule has 0 unspecified atom stereocenters. The van der Waals surface area contributed by atoms with Crippen molar-refractivity contribution >= 4 is 11.8 Å². The summed E-state index contributed by atoms with van der Waals surface area (Å²) in [6.45, 7) is 8.12. The molecule has 3 nitrogen and oxygen atoms in total. The molecule has 0 aromatic carbocycles. The molecule has 0 radical (unpaired) electrons. The number of carbonyl (C=O) groups is 2. The van der Waals surface area contributed by atoms with Gasteiger partial charge in [0.15, 0.2) is 5.78 Å². The molecule has 1 aliphatic carbocycles. The molecule has 0 N–H and O–H groups in total. The minimum Gasteiger partial charge on any atom is -0.466 e. The normalized spacial score (nSPS) is 25.6. The van der Waals surface area contributed by atoms with Crippen LogP contribution in [0.25, 0.3) is 0 Å². The topological polar surface area (TPSA) is 43.4 Å². The first-order valence-electron chi connectivity index (χ1n) is 5.85. The van der Waals surface area contributed by atoms with Gasteiger partial charge in [0.25, 0.3) is 0 Å². The van der Waals surface area contributed by atoms with Crippen molar-refractivity contribution in [3.63, 3.8) is 0 Å². The molecule has 0 amide bonds. The third-order valence-electron chi connectivity index (χ3n) is 3.14. The van der Waals surface area contributed by atoms with Gasteiger partial charge in [-0.1, -0.05) is 19.4 Å². The Bertz CT molecular complexity index is 315. The van der Waals surface area contributed by atoms with Crippen LogP contribution < -0.4 is 0 Å². The zero-order valence-electron chi connectivity index (χ0n) is 10.4. The summed E-state index contributed by atoms with van der Waals surface area (Å²) in [5.74, 6) is 0.0791. The van der Waals surface area contributed by atoms with E-state index in [1.165, 1.54) is 0 Å². The molecule has 1 aliphatic rings. The van der Waals surface area contributed by atoms with E-state index < -0.39 is 0 Å². The van der Waals surface area contributed by atoms with Crippen LogP contribution in [0.1, 0.15) is 34.1 Å². The minimum atomic E-state index is -0.238. The Hall–Kier alpha value is -1.12. The first-order valence-corrected chi connectivity index (χ1v) is 5.85. The van der Waals surface area contributed by atoms with Crippen molar-refractivity contribution < 1.29 is 14.3 Å². The van der Waals surface area contributed by atoms with Gasteiger partial charge in [0, 0.05) is 6.42 Å². The van der Waals surface area contributed by atoms with E-state index in [4.69, 9.17) is 4.74 Å². The van der Waals surface area contributed by atoms with Gasteiger partial charge in [-0.15, -0.1) is 0 Å². The Kier molecular flexibility index (Phi) is 4.27. The minimum absolute atomic E-state index is 0.0801. The Morgan fingerprint density at radius 2 is 2.19 bits per heavy atom. The van der Waals surface area contributed by atoms with Gasteiger partial charge in [0.1, 0.15) is 0 Å². The van der Waals surface area contributed by atoms with Gasteiger partial charge >= 0.3 is 5.97 Å². The summed E-state index contributed by atoms with van der Waals surface area (Å²) in [4.78, 5) is 23.3. The highest BCUT2D eigenvalue weighted by Crippen LogP contribution is 2.34. The molecule has 0 spiro atoms. The van der Waals surface area contributed by atoms with E-state index in [0.29, 0.717) is 18.9 Å². The predicted octanol–water partition coefficient (Wildman–Crippen LogP) is 2.36. The van der Waals surface area contributed by atoms with Gasteiger partial charge in [-0.25, -0.2) is 0 Å². The van der Waals surface area contributed by atoms with Crippen molar-refractivity contribution in [2.24, 2.45) is 17.8 Å². The third kappa shape index (κ3) is 2.71. The molecule has 3 heteroatoms. The van der Waals surface area contributed by atoms with Gasteiger partial charge < -0.3 is 4.74 Å². The van der Waals surface area contributed by atoms with Gasteiger partial charge in [0.2, 0.25) is 0 Å². The van der Waals surface area contributed by atoms with Crippen LogP contribution >= 0.6 is 0 Å². The molecule has 2 atom stereocenters. The Morgan fingerprint density at radius 1 is 1.56 bits per heavy atom. The van der Waals surface area contributed by atoms with E-state index in [2.05, 4.69) is 0 Å². The summed E-state index contributed by atoms with van der Waals surface area (Å²) in [6, 6.07) is 0. The molecule has 0 aromatic rings. The van der Waals surface area contributed by atoms with Crippen LogP contribution in [0, 0.1) is 17.8 Å². The van der Waals surface area contributed by atoms with E-state index in [1.54, 1.807) is 13.0 Å². The average Bonchev–Trinajstić information content (AvgIpc) is 2.16. The standard InChI is InChI=1S/C13H20O3/c1-5-16-13(15)12-9(4)6-10(14)7-11(12)8(2)3/h6,8,11-12H,5,7H2,1-4H3/t11-,12+/m0/s1. The van der Waals surface area contributed by atoms with Gasteiger partial charge in [-0.05, 0) is 31.8 Å². The largest absolute Gasteiger partial charge is 0.466 e. The smallest absolute Gasteiger partial charge is 0.313 e. The van der Waals surface area contributed by atoms with Crippen LogP contribution in [-0.4, -0.2) is 18.4 Å². The predicted molar refractivity (Wildman–Crippen MR) is 61.8 cm³/mol. The molecule has 0 bridgehead atoms. The highest BCUT2D eigenvalue weighted by atomic mass is 16.5. The molecule has 1 rings (SSSR count). The highest BCUT2D eigenvalue weighted by Gasteiger charge is 2.37. The van der Waals surface area contributed by atoms with Crippen molar-refractivity contribution in [3.8, 4) is 0 Å². The van der Waals surface area contributed by atoms with Crippen molar-refractivity contribution in [1.29, 1.82) is 0 Å². The van der Waals surface area contributed by atoms with Crippen molar-refractivity contribution in [2.45, 2.75) is 34.1 Å². The number of ether oxygens (including phenoxy) is 1. The van der Waals surface area contributed by atoms with E-state index >= 15 is 0 Å². The monoisotopic (exact) mass is 224 g/mol. The number of allylic oxidation sites excluding steroid dienone is 1. The van der Waals surface area contributed by atoms with Crippen molar-refractivity contribution in [1.82, 2.24) is 0 Å². The molecule has 90 valence electrons. The fraction of sp³-hybridized carbons (Fsp3) is 0.692. The van der Waals surface area contributed by atoms with Gasteiger partial charge in [0.05, 0.1) is 12.5 Å². The molecular weight excluding hydrogens is 204 g/mol. The van der Waals surface area contributed by atoms with Crippen molar-refractivity contribution in [3.05, 3.63) is 11.6 Å². The highest BCUT2D eigenvalue weighted by molar-refractivity contribution is 5.94. The summed E-state index contributed by atoms with van der Waals surface area (Å²) in [7, 11) is 0. The Morgan fingerprint density at radius 3 is 2.69 bits per heavy atom. The zero-order valence-corrected chi connectivity index (χ0v) is 10.4. The summed E-state index contributed by atoms with van der Waals surface area (Å²) in [5.41, 5.74) is 0.841. The van der Waals surface area contributed by atoms with Gasteiger partial charge in [-0.2, -0.15) is 0 Å². The maximum Gasteiger partial charge on any atom is 0.313 e. The molecule has 0 aliphatic heterocycles. The molecule has 0 heterocycles. The number of rotatable bonds is 3. The molecular formula is C13H20O3. The molecule has 16 heavy (non-hydrogen) atoms. The summed E-state index contributed by atoms with van der Waals surface area (Å²) < 4.78 is 5.08. The quantitative estimate of drug-likeness (QED) is 0.691. The lowest BCUT2D eigenvalue weighted by atomic mass is 9.73. The molecule has 0 saturated heterocycles. The van der Waals surface area contributed by atoms with E-state index in [0.717, 1.165) is 5.57 Å². The fourth-order valence-corrected chi connectivity index (χ4v) is 2.30. The van der Waals surface area contributed by atoms with E-state index in [9.17, 15) is 9.59 Å². The van der Waals surface area contributed by atoms with Gasteiger partial charge in [-0.3, -0.25) is 9.59 Å². The molecule has 0 aromatic heterocycles. The zero-order chi connectivity index (χ0) is 12.3. The number of ketones is 1. The summed E-state index contributed by atoms with van der Waals surface area (Å²) in [5, 5.41) is 0. The number of hydrogen-bond acceptors (Lipinski definition) is 3. The molecule has 0 fully saturated rings. The summed E-state index contributed by atoms with van der Waals surface area (Å²) in [6.07, 6.45) is 2.04. The first kappa shape index (κ1) is 12.9. The Labute approximate surface area is 96.9 Å². The lowest BCUT2D eigenvalue weighted by molar-refractivity contribution is -0.149. The lowest BCUT2D eigenvalue weighted by Gasteiger charge is -2.31. The van der Waals surface area contributed by atoms with Crippen molar-refractivity contribution in [2.75, 3.05) is 6.61 Å². The summed E-state index contributed by atoms with van der Waals surface area (Å²) >= 11 is 0. The average molecular weight is 224 g/mol. The van der Waals surface area contributed by atoms with Crippen LogP contribution in [-0.2, 0) is 14.3 Å². The lowest BCUT2D eigenvalue weighted by Crippen LogP contribution is -2.34. The maximum absolute atomic E-state index is 11.9. The number of carbonyl (C=O) groups excluding carboxylic acids is 2. The van der Waals surface area contributed by atoms with Crippen LogP contribution in [0.4, 0.5) is 0 Å². The van der Waals surface area contributed by atoms with Crippen LogP contribution in [0.3, 0.4) is 0 Å². The maximum atomic E-state index is 11.9. The first-order chi connectivity index (χ1) is 7.47. The second kappa shape index (κ2) is 5.28. The third-order valence-corrected chi connectivity index (χ3v) is 3.14. The van der Waals surface area contributed by atoms with Crippen LogP contribution in [0.2, 0.25) is 0 Å². The van der Waals surface area contributed by atoms with E-state index in [-0.39, 0.29) is 23.6 Å². The fourth-order valence-electron chi connectivity index (χ4n) is 2.30. The second-order valence-electron chi connectivity index (χ2n) is 4.70. The van der Waals surface area contributed by atoms with Crippen LogP contribution in [0.5, 0.6) is 0 Å². The number of hydrogen-bond donors (Lipinski definition) is 0. The van der Waals surface area contributed by atoms with E-state index in [1.807, 2.05) is 20.8 Å².